The van der Waals surface area contributed by atoms with Crippen molar-refractivity contribution >= 4 is 28.7 Å². The summed E-state index contributed by atoms with van der Waals surface area (Å²) in [6, 6.07) is 6.56. The number of hydrogen-bond donors (Lipinski definition) is 2. The molecule has 2 amide bonds. The summed E-state index contributed by atoms with van der Waals surface area (Å²) in [7, 11) is 5.71. The normalized spacial score (nSPS) is 19.5. The number of nitrogens with zero attached hydrogens (tertiary/aromatic N) is 3. The predicted molar refractivity (Wildman–Crippen MR) is 155 cm³/mol. The number of carboxylic acids is 1. The van der Waals surface area contributed by atoms with Gasteiger partial charge in [-0.05, 0) is 36.9 Å². The van der Waals surface area contributed by atoms with E-state index in [0.29, 0.717) is 6.54 Å². The average Bonchev–Trinajstić information content (AvgIpc) is 3.11. The molecule has 1 aliphatic heterocycles. The molecule has 0 fully saturated rings. The minimum Gasteiger partial charge on any atom is -0.478 e. The zero-order valence-electron chi connectivity index (χ0n) is 25.4. The summed E-state index contributed by atoms with van der Waals surface area (Å²) in [5, 5.41) is 13.7. The molecule has 0 aliphatic carbocycles. The molecular weight excluding hydrogens is 492 g/mol. The number of carboxylic acid groups (broad SMARTS) is 1. The molecule has 0 bridgehead atoms. The molecule has 0 unspecified atom stereocenters. The van der Waals surface area contributed by atoms with Crippen molar-refractivity contribution in [2.75, 3.05) is 14.1 Å². The first kappa shape index (κ1) is 30.4. The minimum atomic E-state index is -1.02. The van der Waals surface area contributed by atoms with Gasteiger partial charge in [-0.1, -0.05) is 72.7 Å². The topological polar surface area (TPSA) is 94.9 Å². The molecule has 3 rings (SSSR count). The molecule has 39 heavy (non-hydrogen) atoms. The summed E-state index contributed by atoms with van der Waals surface area (Å²) in [6.07, 6.45) is 1.62. The van der Waals surface area contributed by atoms with Crippen LogP contribution in [0.5, 0.6) is 0 Å². The molecule has 2 aromatic rings. The van der Waals surface area contributed by atoms with Gasteiger partial charge in [-0.15, -0.1) is 0 Å². The van der Waals surface area contributed by atoms with Crippen LogP contribution in [0, 0.1) is 11.3 Å². The Morgan fingerprint density at radius 1 is 1.15 bits per heavy atom. The van der Waals surface area contributed by atoms with E-state index in [4.69, 9.17) is 0 Å². The number of amides is 2. The Balaban J connectivity index is 1.98. The predicted octanol–water partition coefficient (Wildman–Crippen LogP) is 4.31. The molecule has 0 radical (unpaired) electrons. The number of carbonyl (C=O) groups excluding carboxylic acids is 2. The molecule has 0 saturated heterocycles. The molecule has 2 N–H and O–H groups in total. The van der Waals surface area contributed by atoms with Crippen molar-refractivity contribution in [3.8, 4) is 0 Å². The lowest BCUT2D eigenvalue weighted by atomic mass is 9.72. The molecule has 1 aromatic heterocycles. The first-order valence-electron chi connectivity index (χ1n) is 13.7. The summed E-state index contributed by atoms with van der Waals surface area (Å²) in [5.41, 5.74) is 2.59. The molecule has 2 heterocycles. The maximum atomic E-state index is 14.1. The zero-order chi connectivity index (χ0) is 29.6. The highest BCUT2D eigenvalue weighted by Gasteiger charge is 2.48. The molecule has 0 saturated carbocycles. The van der Waals surface area contributed by atoms with Crippen molar-refractivity contribution in [1.82, 2.24) is 19.7 Å². The Labute approximate surface area is 233 Å². The van der Waals surface area contributed by atoms with Crippen molar-refractivity contribution in [2.24, 2.45) is 18.4 Å². The minimum absolute atomic E-state index is 0.0160. The largest absolute Gasteiger partial charge is 0.478 e. The van der Waals surface area contributed by atoms with E-state index in [9.17, 15) is 19.5 Å². The lowest BCUT2D eigenvalue weighted by Crippen LogP contribution is -2.63. The summed E-state index contributed by atoms with van der Waals surface area (Å²) in [5.74, 6) is -1.47. The fourth-order valence-corrected chi connectivity index (χ4v) is 6.19. The Morgan fingerprint density at radius 2 is 1.74 bits per heavy atom. The van der Waals surface area contributed by atoms with Gasteiger partial charge in [0.25, 0.3) is 0 Å². The van der Waals surface area contributed by atoms with E-state index >= 15 is 0 Å². The van der Waals surface area contributed by atoms with Gasteiger partial charge in [-0.25, -0.2) is 4.79 Å². The van der Waals surface area contributed by atoms with Gasteiger partial charge in [0, 0.05) is 48.2 Å². The first-order chi connectivity index (χ1) is 17.9. The Bertz CT molecular complexity index is 1300. The third kappa shape index (κ3) is 5.62. The lowest BCUT2D eigenvalue weighted by Gasteiger charge is -2.45. The van der Waals surface area contributed by atoms with Crippen LogP contribution in [-0.2, 0) is 33.4 Å². The second-order valence-corrected chi connectivity index (χ2v) is 13.1. The molecule has 1 aliphatic rings. The van der Waals surface area contributed by atoms with E-state index in [1.165, 1.54) is 18.2 Å². The average molecular weight is 539 g/mol. The van der Waals surface area contributed by atoms with Gasteiger partial charge < -0.3 is 19.9 Å². The second-order valence-electron chi connectivity index (χ2n) is 13.1. The zero-order valence-corrected chi connectivity index (χ0v) is 25.4. The highest BCUT2D eigenvalue weighted by atomic mass is 16.4. The molecule has 1 aromatic carbocycles. The third-order valence-electron chi connectivity index (χ3n) is 8.28. The van der Waals surface area contributed by atoms with Crippen LogP contribution in [0.25, 0.3) is 10.9 Å². The SMILES string of the molecule is C/C(=C\[C@H](C(C)C)N(C)C(=O)[C@@H](NC(=O)[C@H]1N(C)Cc2c(c3ccccc3n2C)C1(C)C)C(C)(C)C)C(=O)O. The quantitative estimate of drug-likeness (QED) is 0.512. The number of rotatable bonds is 7. The van der Waals surface area contributed by atoms with Crippen molar-refractivity contribution in [3.63, 3.8) is 0 Å². The number of aliphatic carboxylic acids is 1. The fourth-order valence-electron chi connectivity index (χ4n) is 6.19. The van der Waals surface area contributed by atoms with Gasteiger partial charge in [-0.2, -0.15) is 0 Å². The van der Waals surface area contributed by atoms with Crippen molar-refractivity contribution in [1.29, 1.82) is 0 Å². The van der Waals surface area contributed by atoms with Crippen molar-refractivity contribution in [2.45, 2.75) is 85.5 Å². The molecular formula is C31H46N4O4. The van der Waals surface area contributed by atoms with Crippen LogP contribution >= 0.6 is 0 Å². The number of para-hydroxylation sites is 1. The number of aromatic nitrogens is 1. The van der Waals surface area contributed by atoms with Gasteiger partial charge >= 0.3 is 5.97 Å². The van der Waals surface area contributed by atoms with Gasteiger partial charge in [0.05, 0.1) is 12.1 Å². The smallest absolute Gasteiger partial charge is 0.331 e. The Kier molecular flexibility index (Phi) is 8.42. The number of nitrogens with one attached hydrogen (secondary N) is 1. The molecule has 214 valence electrons. The van der Waals surface area contributed by atoms with Crippen LogP contribution in [-0.4, -0.2) is 69.5 Å². The fraction of sp³-hybridized carbons (Fsp3) is 0.581. The van der Waals surface area contributed by atoms with E-state index < -0.39 is 34.9 Å². The van der Waals surface area contributed by atoms with Gasteiger partial charge in [0.15, 0.2) is 0 Å². The molecule has 3 atom stereocenters. The van der Waals surface area contributed by atoms with Crippen molar-refractivity contribution in [3.05, 3.63) is 47.2 Å². The van der Waals surface area contributed by atoms with Crippen LogP contribution in [0.3, 0.4) is 0 Å². The lowest BCUT2D eigenvalue weighted by molar-refractivity contribution is -0.142. The Hall–Kier alpha value is -3.13. The first-order valence-corrected chi connectivity index (χ1v) is 13.7. The number of aryl methyl sites for hydroxylation is 1. The van der Waals surface area contributed by atoms with Crippen molar-refractivity contribution < 1.29 is 19.5 Å². The molecule has 8 nitrogen and oxygen atoms in total. The Morgan fingerprint density at radius 3 is 2.28 bits per heavy atom. The van der Waals surface area contributed by atoms with Gasteiger partial charge in [-0.3, -0.25) is 14.5 Å². The second kappa shape index (κ2) is 10.8. The molecule has 8 heteroatoms. The number of hydrogen-bond acceptors (Lipinski definition) is 4. The van der Waals surface area contributed by atoms with E-state index in [2.05, 4.69) is 47.8 Å². The standard InChI is InChI=1S/C31H46N4O4/c1-18(2)22(16-19(3)29(38)39)35(11)28(37)25(30(4,5)6)32-27(36)26-31(7,8)24-20-14-12-13-15-21(20)34(10)23(24)17-33(26)9/h12-16,18,22,25-26H,17H2,1-11H3,(H,32,36)(H,38,39)/b19-16+/t22-,25-,26-/m1/s1. The maximum absolute atomic E-state index is 14.1. The number of fused-ring (bicyclic) bond motifs is 3. The van der Waals surface area contributed by atoms with E-state index in [1.807, 2.05) is 53.8 Å². The number of carbonyl (C=O) groups is 3. The van der Waals surface area contributed by atoms with Crippen LogP contribution < -0.4 is 5.32 Å². The highest BCUT2D eigenvalue weighted by molar-refractivity contribution is 5.94. The van der Waals surface area contributed by atoms with Crippen LogP contribution in [0.1, 0.15) is 66.6 Å². The van der Waals surface area contributed by atoms with Crippen LogP contribution in [0.15, 0.2) is 35.9 Å². The van der Waals surface area contributed by atoms with Crippen LogP contribution in [0.4, 0.5) is 0 Å². The van der Waals surface area contributed by atoms with E-state index in [1.54, 1.807) is 18.0 Å². The third-order valence-corrected chi connectivity index (χ3v) is 8.28. The highest BCUT2D eigenvalue weighted by Crippen LogP contribution is 2.43. The summed E-state index contributed by atoms with van der Waals surface area (Å²) >= 11 is 0. The summed E-state index contributed by atoms with van der Waals surface area (Å²) < 4.78 is 2.21. The number of likely N-dealkylation sites (N-methyl/N-ethyl adjacent to an activating group) is 2. The molecule has 0 spiro atoms. The van der Waals surface area contributed by atoms with Gasteiger partial charge in [0.1, 0.15) is 6.04 Å². The van der Waals surface area contributed by atoms with E-state index in [0.717, 1.165) is 10.9 Å². The number of benzene rings is 1. The van der Waals surface area contributed by atoms with E-state index in [-0.39, 0.29) is 23.3 Å². The summed E-state index contributed by atoms with van der Waals surface area (Å²) in [6.45, 7) is 16.1. The van der Waals surface area contributed by atoms with Crippen LogP contribution in [0.2, 0.25) is 0 Å². The summed E-state index contributed by atoms with van der Waals surface area (Å²) in [4.78, 5) is 43.2. The van der Waals surface area contributed by atoms with Gasteiger partial charge in [0.2, 0.25) is 11.8 Å². The monoisotopic (exact) mass is 538 g/mol. The maximum Gasteiger partial charge on any atom is 0.331 e.